The Morgan fingerprint density at radius 3 is 2.50 bits per heavy atom. The first-order valence-corrected chi connectivity index (χ1v) is 12.0. The molecule has 1 unspecified atom stereocenters. The van der Waals surface area contributed by atoms with Crippen molar-refractivity contribution in [3.8, 4) is 16.8 Å². The molecule has 0 aliphatic carbocycles. The van der Waals surface area contributed by atoms with E-state index >= 15 is 0 Å². The molecule has 11 heteroatoms. The highest BCUT2D eigenvalue weighted by Crippen LogP contribution is 2.28. The molecule has 2 aromatic carbocycles. The number of fused-ring (bicyclic) bond motifs is 1. The summed E-state index contributed by atoms with van der Waals surface area (Å²) in [6.45, 7) is 1.85. The van der Waals surface area contributed by atoms with Crippen LogP contribution in [0.2, 0.25) is 0 Å². The van der Waals surface area contributed by atoms with Gasteiger partial charge < -0.3 is 16.0 Å². The Morgan fingerprint density at radius 1 is 1.05 bits per heavy atom. The van der Waals surface area contributed by atoms with Crippen LogP contribution in [0.4, 0.5) is 11.8 Å². The summed E-state index contributed by atoms with van der Waals surface area (Å²) in [5.74, 6) is 0.426. The van der Waals surface area contributed by atoms with Gasteiger partial charge in [0, 0.05) is 39.1 Å². The van der Waals surface area contributed by atoms with Crippen molar-refractivity contribution in [2.24, 2.45) is 7.05 Å². The van der Waals surface area contributed by atoms with Crippen LogP contribution in [0, 0.1) is 0 Å². The van der Waals surface area contributed by atoms with Gasteiger partial charge in [-0.25, -0.2) is 9.97 Å². The molecule has 3 aromatic heterocycles. The molecule has 38 heavy (non-hydrogen) atoms. The largest absolute Gasteiger partial charge is 0.368 e. The number of amides is 1. The average Bonchev–Trinajstić information content (AvgIpc) is 3.34. The number of para-hydroxylation sites is 1. The summed E-state index contributed by atoms with van der Waals surface area (Å²) in [4.78, 5) is 41.6. The number of anilines is 2. The first-order chi connectivity index (χ1) is 18.2. The molecule has 5 rings (SSSR count). The zero-order chi connectivity index (χ0) is 27.0. The predicted molar refractivity (Wildman–Crippen MR) is 146 cm³/mol. The Hall–Kier alpha value is -5.06. The number of aromatic nitrogens is 6. The van der Waals surface area contributed by atoms with E-state index in [9.17, 15) is 9.59 Å². The summed E-state index contributed by atoms with van der Waals surface area (Å²) in [6.07, 6.45) is 4.97. The van der Waals surface area contributed by atoms with Gasteiger partial charge in [-0.3, -0.25) is 18.8 Å². The normalized spacial score (nSPS) is 11.9. The molecule has 5 aromatic rings. The van der Waals surface area contributed by atoms with Crippen molar-refractivity contribution < 1.29 is 4.79 Å². The van der Waals surface area contributed by atoms with E-state index < -0.39 is 6.04 Å². The molecule has 1 amide bonds. The van der Waals surface area contributed by atoms with Crippen molar-refractivity contribution in [3.63, 3.8) is 0 Å². The number of carbonyl (C=O) groups is 1. The van der Waals surface area contributed by atoms with E-state index in [2.05, 4.69) is 20.4 Å². The summed E-state index contributed by atoms with van der Waals surface area (Å²) in [5, 5.41) is 7.99. The smallest absolute Gasteiger partial charge is 0.266 e. The summed E-state index contributed by atoms with van der Waals surface area (Å²) >= 11 is 0. The van der Waals surface area contributed by atoms with Crippen molar-refractivity contribution in [1.82, 2.24) is 34.2 Å². The van der Waals surface area contributed by atoms with Gasteiger partial charge in [-0.15, -0.1) is 0 Å². The molecule has 0 spiro atoms. The Morgan fingerprint density at radius 2 is 1.82 bits per heavy atom. The van der Waals surface area contributed by atoms with E-state index in [1.165, 1.54) is 11.1 Å². The van der Waals surface area contributed by atoms with Crippen LogP contribution in [0.25, 0.3) is 27.7 Å². The first-order valence-electron chi connectivity index (χ1n) is 12.0. The Balaban J connectivity index is 1.71. The van der Waals surface area contributed by atoms with Crippen molar-refractivity contribution in [3.05, 3.63) is 88.9 Å². The summed E-state index contributed by atoms with van der Waals surface area (Å²) in [5.41, 5.74) is 8.63. The zero-order valence-corrected chi connectivity index (χ0v) is 21.5. The fraction of sp³-hybridized carbons (Fsp3) is 0.185. The van der Waals surface area contributed by atoms with Crippen LogP contribution in [0.3, 0.4) is 0 Å². The van der Waals surface area contributed by atoms with Gasteiger partial charge in [0.25, 0.3) is 11.5 Å². The van der Waals surface area contributed by atoms with Crippen LogP contribution in [-0.4, -0.2) is 54.2 Å². The number of nitrogen functional groups attached to an aromatic ring is 1. The van der Waals surface area contributed by atoms with E-state index in [0.29, 0.717) is 22.4 Å². The molecule has 0 bridgehead atoms. The molecule has 1 atom stereocenters. The van der Waals surface area contributed by atoms with Crippen LogP contribution in [-0.2, 0) is 7.05 Å². The van der Waals surface area contributed by atoms with Crippen LogP contribution in [0.15, 0.2) is 71.9 Å². The monoisotopic (exact) mass is 509 g/mol. The number of carbonyl (C=O) groups excluding carboxylic acids is 1. The topological polar surface area (TPSA) is 137 Å². The number of benzene rings is 2. The van der Waals surface area contributed by atoms with E-state index in [0.717, 1.165) is 11.1 Å². The lowest BCUT2D eigenvalue weighted by molar-refractivity contribution is 0.0827. The molecule has 0 saturated heterocycles. The maximum absolute atomic E-state index is 14.2. The van der Waals surface area contributed by atoms with Gasteiger partial charge in [0.05, 0.1) is 28.8 Å². The molecule has 11 nitrogen and oxygen atoms in total. The third kappa shape index (κ3) is 4.45. The highest BCUT2D eigenvalue weighted by Gasteiger charge is 2.23. The number of aryl methyl sites for hydroxylation is 1. The fourth-order valence-electron chi connectivity index (χ4n) is 4.34. The number of nitrogens with one attached hydrogen (secondary N) is 1. The molecule has 0 fully saturated rings. The molecule has 0 saturated carbocycles. The van der Waals surface area contributed by atoms with Gasteiger partial charge in [-0.2, -0.15) is 10.1 Å². The quantitative estimate of drug-likeness (QED) is 0.356. The maximum atomic E-state index is 14.2. The van der Waals surface area contributed by atoms with Crippen molar-refractivity contribution in [2.75, 3.05) is 25.1 Å². The molecular weight excluding hydrogens is 482 g/mol. The van der Waals surface area contributed by atoms with E-state index in [4.69, 9.17) is 10.7 Å². The summed E-state index contributed by atoms with van der Waals surface area (Å²) in [7, 11) is 5.11. The lowest BCUT2D eigenvalue weighted by atomic mass is 10.0. The van der Waals surface area contributed by atoms with Crippen molar-refractivity contribution >= 4 is 28.6 Å². The molecule has 192 valence electrons. The number of hydrogen-bond donors (Lipinski definition) is 2. The molecule has 3 heterocycles. The summed E-state index contributed by atoms with van der Waals surface area (Å²) < 4.78 is 3.27. The third-order valence-corrected chi connectivity index (χ3v) is 6.14. The number of rotatable bonds is 6. The van der Waals surface area contributed by atoms with Crippen LogP contribution in [0.1, 0.15) is 29.1 Å². The predicted octanol–water partition coefficient (Wildman–Crippen LogP) is 3.03. The highest BCUT2D eigenvalue weighted by atomic mass is 16.2. The van der Waals surface area contributed by atoms with E-state index in [1.54, 1.807) is 29.5 Å². The van der Waals surface area contributed by atoms with Crippen LogP contribution >= 0.6 is 0 Å². The molecule has 3 N–H and O–H groups in total. The summed E-state index contributed by atoms with van der Waals surface area (Å²) in [6, 6.07) is 14.3. The van der Waals surface area contributed by atoms with Gasteiger partial charge in [0.1, 0.15) is 17.2 Å². The standard InChI is InChI=1S/C27H27N9O2/c1-16(31-23-20(25(37)34(2)3)14-29-27(28)33-23)24-32-21-12-8-11-19(17-13-30-35(4)15-17)22(21)26(38)36(24)18-9-6-5-7-10-18/h5-16H,1-4H3,(H3,28,29,31,33). The molecule has 0 aliphatic rings. The lowest BCUT2D eigenvalue weighted by Crippen LogP contribution is -2.29. The molecular formula is C27H27N9O2. The Kier molecular flexibility index (Phi) is 6.33. The lowest BCUT2D eigenvalue weighted by Gasteiger charge is -2.22. The first kappa shape index (κ1) is 24.6. The minimum Gasteiger partial charge on any atom is -0.368 e. The van der Waals surface area contributed by atoms with Gasteiger partial charge in [0.15, 0.2) is 0 Å². The molecule has 0 radical (unpaired) electrons. The van der Waals surface area contributed by atoms with Crippen LogP contribution < -0.4 is 16.6 Å². The molecule has 0 aliphatic heterocycles. The van der Waals surface area contributed by atoms with Crippen molar-refractivity contribution in [1.29, 1.82) is 0 Å². The van der Waals surface area contributed by atoms with Crippen molar-refractivity contribution in [2.45, 2.75) is 13.0 Å². The zero-order valence-electron chi connectivity index (χ0n) is 21.5. The second-order valence-corrected chi connectivity index (χ2v) is 9.10. The Labute approximate surface area is 218 Å². The van der Waals surface area contributed by atoms with E-state index in [-0.39, 0.29) is 28.8 Å². The number of hydrogen-bond acceptors (Lipinski definition) is 8. The van der Waals surface area contributed by atoms with Gasteiger partial charge in [-0.05, 0) is 30.7 Å². The third-order valence-electron chi connectivity index (χ3n) is 6.14. The van der Waals surface area contributed by atoms with Gasteiger partial charge >= 0.3 is 0 Å². The maximum Gasteiger partial charge on any atom is 0.266 e. The SMILES string of the molecule is CC(Nc1nc(N)ncc1C(=O)N(C)C)c1nc2cccc(-c3cnn(C)c3)c2c(=O)n1-c1ccccc1. The highest BCUT2D eigenvalue weighted by molar-refractivity contribution is 5.98. The number of nitrogens with zero attached hydrogens (tertiary/aromatic N) is 7. The average molecular weight is 510 g/mol. The number of nitrogens with two attached hydrogens (primary N) is 1. The minimum absolute atomic E-state index is 0.0167. The second-order valence-electron chi connectivity index (χ2n) is 9.10. The minimum atomic E-state index is -0.544. The Bertz CT molecular complexity index is 1710. The van der Waals surface area contributed by atoms with Crippen LogP contribution in [0.5, 0.6) is 0 Å². The van der Waals surface area contributed by atoms with Gasteiger partial charge in [-0.1, -0.05) is 30.3 Å². The second kappa shape index (κ2) is 9.77. The van der Waals surface area contributed by atoms with E-state index in [1.807, 2.05) is 68.7 Å². The fourth-order valence-corrected chi connectivity index (χ4v) is 4.34. The van der Waals surface area contributed by atoms with Gasteiger partial charge in [0.2, 0.25) is 5.95 Å².